The van der Waals surface area contributed by atoms with Crippen molar-refractivity contribution in [2.45, 2.75) is 13.8 Å². The Labute approximate surface area is 112 Å². The van der Waals surface area contributed by atoms with Crippen molar-refractivity contribution in [1.29, 1.82) is 0 Å². The van der Waals surface area contributed by atoms with Gasteiger partial charge in [0.25, 0.3) is 0 Å². The Hall–Kier alpha value is -2.17. The molecule has 0 aliphatic carbocycles. The molecule has 0 saturated heterocycles. The Kier molecular flexibility index (Phi) is 3.94. The average Bonchev–Trinajstić information content (AvgIpc) is 2.41. The van der Waals surface area contributed by atoms with Gasteiger partial charge in [0.2, 0.25) is 0 Å². The molecule has 0 amide bonds. The molecule has 0 fully saturated rings. The number of hydrogen-bond acceptors (Lipinski definition) is 5. The van der Waals surface area contributed by atoms with Gasteiger partial charge in [-0.2, -0.15) is 0 Å². The highest BCUT2D eigenvalue weighted by atomic mass is 16.5. The topological polar surface area (TPSA) is 69.4 Å². The number of nitrogens with one attached hydrogen (secondary N) is 1. The largest absolute Gasteiger partial charge is 0.493 e. The summed E-state index contributed by atoms with van der Waals surface area (Å²) < 4.78 is 11.3. The number of pyridine rings is 1. The molecule has 19 heavy (non-hydrogen) atoms. The molecule has 102 valence electrons. The lowest BCUT2D eigenvalue weighted by atomic mass is 10.1. The summed E-state index contributed by atoms with van der Waals surface area (Å²) in [5.74, 6) is 1.49. The van der Waals surface area contributed by atoms with E-state index in [0.29, 0.717) is 18.9 Å². The van der Waals surface area contributed by atoms with Crippen LogP contribution >= 0.6 is 0 Å². The number of benzene rings is 1. The number of fused-ring (bicyclic) bond motifs is 1. The molecule has 0 unspecified atom stereocenters. The maximum Gasteiger partial charge on any atom is 0.145 e. The summed E-state index contributed by atoms with van der Waals surface area (Å²) >= 11 is 0. The van der Waals surface area contributed by atoms with Crippen LogP contribution in [0.2, 0.25) is 0 Å². The summed E-state index contributed by atoms with van der Waals surface area (Å²) in [6, 6.07) is 3.76. The molecular weight excluding hydrogens is 242 g/mol. The van der Waals surface area contributed by atoms with E-state index in [9.17, 15) is 0 Å². The minimum Gasteiger partial charge on any atom is -0.493 e. The third kappa shape index (κ3) is 2.36. The fourth-order valence-electron chi connectivity index (χ4n) is 2.08. The van der Waals surface area contributed by atoms with Gasteiger partial charge >= 0.3 is 0 Å². The molecule has 2 rings (SSSR count). The van der Waals surface area contributed by atoms with E-state index in [1.807, 2.05) is 33.0 Å². The number of rotatable bonds is 5. The summed E-state index contributed by atoms with van der Waals surface area (Å²) in [4.78, 5) is 4.38. The molecule has 2 aromatic rings. The van der Waals surface area contributed by atoms with Crippen LogP contribution in [-0.2, 0) is 0 Å². The van der Waals surface area contributed by atoms with Crippen molar-refractivity contribution in [3.05, 3.63) is 18.3 Å². The highest BCUT2D eigenvalue weighted by Gasteiger charge is 2.15. The predicted molar refractivity (Wildman–Crippen MR) is 78.0 cm³/mol. The molecule has 3 N–H and O–H groups in total. The van der Waals surface area contributed by atoms with Crippen molar-refractivity contribution >= 4 is 22.3 Å². The van der Waals surface area contributed by atoms with Gasteiger partial charge in [-0.15, -0.1) is 0 Å². The highest BCUT2D eigenvalue weighted by Crippen LogP contribution is 2.39. The second kappa shape index (κ2) is 5.65. The van der Waals surface area contributed by atoms with Crippen molar-refractivity contribution < 1.29 is 9.47 Å². The number of ether oxygens (including phenoxy) is 2. The Morgan fingerprint density at radius 3 is 2.42 bits per heavy atom. The fourth-order valence-corrected chi connectivity index (χ4v) is 2.08. The normalized spacial score (nSPS) is 10.5. The van der Waals surface area contributed by atoms with Crippen LogP contribution in [-0.4, -0.2) is 25.2 Å². The van der Waals surface area contributed by atoms with Crippen molar-refractivity contribution in [2.24, 2.45) is 0 Å². The van der Waals surface area contributed by atoms with E-state index < -0.39 is 0 Å². The zero-order chi connectivity index (χ0) is 13.8. The second-order valence-electron chi connectivity index (χ2n) is 3.99. The quantitative estimate of drug-likeness (QED) is 0.866. The first-order valence-corrected chi connectivity index (χ1v) is 6.37. The monoisotopic (exact) mass is 261 g/mol. The number of nitrogens with zero attached hydrogens (tertiary/aromatic N) is 1. The number of nitrogen functional groups attached to an aromatic ring is 1. The number of aromatic nitrogens is 1. The lowest BCUT2D eigenvalue weighted by molar-refractivity contribution is 0.336. The van der Waals surface area contributed by atoms with Gasteiger partial charge in [0.05, 0.1) is 36.2 Å². The van der Waals surface area contributed by atoms with Crippen molar-refractivity contribution in [1.82, 2.24) is 4.98 Å². The van der Waals surface area contributed by atoms with Gasteiger partial charge in [-0.05, 0) is 26.0 Å². The molecule has 0 saturated carbocycles. The Morgan fingerprint density at radius 2 is 1.79 bits per heavy atom. The highest BCUT2D eigenvalue weighted by molar-refractivity contribution is 6.03. The van der Waals surface area contributed by atoms with Gasteiger partial charge in [-0.25, -0.2) is 4.98 Å². The van der Waals surface area contributed by atoms with E-state index >= 15 is 0 Å². The molecule has 1 aromatic carbocycles. The van der Waals surface area contributed by atoms with E-state index in [2.05, 4.69) is 10.3 Å². The van der Waals surface area contributed by atoms with Crippen LogP contribution in [0.4, 0.5) is 11.4 Å². The molecule has 1 heterocycles. The second-order valence-corrected chi connectivity index (χ2v) is 3.99. The SMILES string of the molecule is CCOc1ccc(OCC)c2c(NC)c(N)cnc12. The van der Waals surface area contributed by atoms with Crippen molar-refractivity contribution in [2.75, 3.05) is 31.3 Å². The zero-order valence-corrected chi connectivity index (χ0v) is 11.5. The smallest absolute Gasteiger partial charge is 0.145 e. The predicted octanol–water partition coefficient (Wildman–Crippen LogP) is 2.66. The van der Waals surface area contributed by atoms with Gasteiger partial charge in [-0.3, -0.25) is 0 Å². The average molecular weight is 261 g/mol. The molecule has 0 aliphatic rings. The molecule has 1 aromatic heterocycles. The molecule has 0 radical (unpaired) electrons. The van der Waals surface area contributed by atoms with Crippen LogP contribution in [0, 0.1) is 0 Å². The molecule has 0 aliphatic heterocycles. The van der Waals surface area contributed by atoms with E-state index in [4.69, 9.17) is 15.2 Å². The maximum absolute atomic E-state index is 5.96. The van der Waals surface area contributed by atoms with Gasteiger partial charge < -0.3 is 20.5 Å². The molecular formula is C14H19N3O2. The van der Waals surface area contributed by atoms with Crippen LogP contribution in [0.25, 0.3) is 10.9 Å². The first-order valence-electron chi connectivity index (χ1n) is 6.37. The summed E-state index contributed by atoms with van der Waals surface area (Å²) in [6.45, 7) is 5.06. The Bertz CT molecular complexity index is 584. The van der Waals surface area contributed by atoms with Crippen LogP contribution in [0.3, 0.4) is 0 Å². The first-order chi connectivity index (χ1) is 9.22. The van der Waals surface area contributed by atoms with E-state index in [0.717, 1.165) is 28.1 Å². The van der Waals surface area contributed by atoms with Gasteiger partial charge in [0.1, 0.15) is 17.0 Å². The van der Waals surface area contributed by atoms with E-state index in [-0.39, 0.29) is 0 Å². The summed E-state index contributed by atoms with van der Waals surface area (Å²) in [7, 11) is 1.83. The first kappa shape index (κ1) is 13.3. The van der Waals surface area contributed by atoms with E-state index in [1.165, 1.54) is 0 Å². The molecule has 0 bridgehead atoms. The Balaban J connectivity index is 2.76. The van der Waals surface area contributed by atoms with Gasteiger partial charge in [0, 0.05) is 7.05 Å². The van der Waals surface area contributed by atoms with Crippen LogP contribution in [0.15, 0.2) is 18.3 Å². The fraction of sp³-hybridized carbons (Fsp3) is 0.357. The summed E-state index contributed by atoms with van der Waals surface area (Å²) in [5, 5.41) is 3.96. The minimum atomic E-state index is 0.584. The third-order valence-corrected chi connectivity index (χ3v) is 2.82. The van der Waals surface area contributed by atoms with Gasteiger partial charge in [0.15, 0.2) is 0 Å². The van der Waals surface area contributed by atoms with Crippen LogP contribution in [0.5, 0.6) is 11.5 Å². The number of anilines is 2. The lowest BCUT2D eigenvalue weighted by Crippen LogP contribution is -2.02. The molecule has 5 heteroatoms. The molecule has 5 nitrogen and oxygen atoms in total. The van der Waals surface area contributed by atoms with Crippen molar-refractivity contribution in [3.8, 4) is 11.5 Å². The van der Waals surface area contributed by atoms with Crippen LogP contribution < -0.4 is 20.5 Å². The van der Waals surface area contributed by atoms with Gasteiger partial charge in [-0.1, -0.05) is 0 Å². The lowest BCUT2D eigenvalue weighted by Gasteiger charge is -2.15. The third-order valence-electron chi connectivity index (χ3n) is 2.82. The van der Waals surface area contributed by atoms with Crippen molar-refractivity contribution in [3.63, 3.8) is 0 Å². The van der Waals surface area contributed by atoms with E-state index in [1.54, 1.807) is 6.20 Å². The summed E-state index contributed by atoms with van der Waals surface area (Å²) in [5.41, 5.74) is 8.12. The number of hydrogen-bond donors (Lipinski definition) is 2. The zero-order valence-electron chi connectivity index (χ0n) is 11.5. The standard InChI is InChI=1S/C14H19N3O2/c1-4-18-10-6-7-11(19-5-2)14-12(10)13(16-3)9(15)8-17-14/h6-8H,4-5,15H2,1-3H3,(H,16,17). The molecule has 0 atom stereocenters. The maximum atomic E-state index is 5.96. The molecule has 0 spiro atoms. The minimum absolute atomic E-state index is 0.584. The van der Waals surface area contributed by atoms with Crippen LogP contribution in [0.1, 0.15) is 13.8 Å². The Morgan fingerprint density at radius 1 is 1.16 bits per heavy atom. The summed E-state index contributed by atoms with van der Waals surface area (Å²) in [6.07, 6.45) is 1.63. The number of nitrogens with two attached hydrogens (primary N) is 1.